The molecule has 5 nitrogen and oxygen atoms in total. The smallest absolute Gasteiger partial charge is 0.193 e. The van der Waals surface area contributed by atoms with Crippen molar-refractivity contribution in [2.24, 2.45) is 4.99 Å². The van der Waals surface area contributed by atoms with Gasteiger partial charge in [-0.05, 0) is 30.2 Å². The van der Waals surface area contributed by atoms with E-state index < -0.39 is 0 Å². The van der Waals surface area contributed by atoms with Crippen LogP contribution in [0.4, 0.5) is 0 Å². The van der Waals surface area contributed by atoms with Crippen molar-refractivity contribution in [2.75, 3.05) is 33.8 Å². The van der Waals surface area contributed by atoms with Crippen LogP contribution in [0.15, 0.2) is 59.6 Å². The molecule has 0 radical (unpaired) electrons. The normalized spacial score (nSPS) is 14.9. The highest BCUT2D eigenvalue weighted by atomic mass is 127. The molecule has 1 heterocycles. The van der Waals surface area contributed by atoms with E-state index in [1.54, 1.807) is 7.11 Å². The second kappa shape index (κ2) is 11.8. The number of hydrogen-bond acceptors (Lipinski definition) is 3. The molecule has 0 saturated carbocycles. The third kappa shape index (κ3) is 6.29. The molecule has 0 bridgehead atoms. The molecule has 0 aliphatic carbocycles. The Bertz CT molecular complexity index is 732. The zero-order chi connectivity index (χ0) is 18.9. The molecule has 1 aliphatic rings. The van der Waals surface area contributed by atoms with E-state index in [-0.39, 0.29) is 30.1 Å². The van der Waals surface area contributed by atoms with Gasteiger partial charge in [0.15, 0.2) is 5.96 Å². The molecule has 6 heteroatoms. The lowest BCUT2D eigenvalue weighted by Crippen LogP contribution is -2.47. The Labute approximate surface area is 185 Å². The largest absolute Gasteiger partial charge is 0.496 e. The average molecular weight is 495 g/mol. The van der Waals surface area contributed by atoms with Gasteiger partial charge in [0.1, 0.15) is 17.6 Å². The maximum atomic E-state index is 6.08. The second-order valence-corrected chi connectivity index (χ2v) is 6.65. The highest BCUT2D eigenvalue weighted by Gasteiger charge is 2.22. The molecule has 0 spiro atoms. The fourth-order valence-electron chi connectivity index (χ4n) is 3.43. The molecule has 1 fully saturated rings. The SMILES string of the molecule is CN=C(NCCc1ccccc1OC)N1CCC(Oc2ccccc2)CC1.I. The van der Waals surface area contributed by atoms with Gasteiger partial charge in [-0.15, -0.1) is 24.0 Å². The Morgan fingerprint density at radius 2 is 1.75 bits per heavy atom. The molecule has 0 atom stereocenters. The van der Waals surface area contributed by atoms with Gasteiger partial charge >= 0.3 is 0 Å². The van der Waals surface area contributed by atoms with Gasteiger partial charge in [-0.2, -0.15) is 0 Å². The van der Waals surface area contributed by atoms with Crippen LogP contribution >= 0.6 is 24.0 Å². The van der Waals surface area contributed by atoms with E-state index in [0.29, 0.717) is 0 Å². The Hall–Kier alpha value is -1.96. The molecule has 2 aromatic carbocycles. The summed E-state index contributed by atoms with van der Waals surface area (Å²) in [6.45, 7) is 2.73. The van der Waals surface area contributed by atoms with Crippen molar-refractivity contribution in [1.82, 2.24) is 10.2 Å². The van der Waals surface area contributed by atoms with E-state index in [1.165, 1.54) is 5.56 Å². The number of nitrogens with zero attached hydrogens (tertiary/aromatic N) is 2. The van der Waals surface area contributed by atoms with Crippen molar-refractivity contribution >= 4 is 29.9 Å². The molecule has 152 valence electrons. The number of rotatable bonds is 6. The molecule has 0 aromatic heterocycles. The first-order chi connectivity index (χ1) is 13.3. The monoisotopic (exact) mass is 495 g/mol. The van der Waals surface area contributed by atoms with Crippen molar-refractivity contribution in [3.05, 3.63) is 60.2 Å². The van der Waals surface area contributed by atoms with E-state index in [4.69, 9.17) is 9.47 Å². The zero-order valence-corrected chi connectivity index (χ0v) is 19.0. The van der Waals surface area contributed by atoms with Gasteiger partial charge in [-0.25, -0.2) is 0 Å². The number of likely N-dealkylation sites (tertiary alicyclic amines) is 1. The van der Waals surface area contributed by atoms with Crippen LogP contribution in [0.3, 0.4) is 0 Å². The van der Waals surface area contributed by atoms with Crippen LogP contribution in [-0.4, -0.2) is 50.8 Å². The molecule has 28 heavy (non-hydrogen) atoms. The highest BCUT2D eigenvalue weighted by molar-refractivity contribution is 14.0. The zero-order valence-electron chi connectivity index (χ0n) is 16.6. The highest BCUT2D eigenvalue weighted by Crippen LogP contribution is 2.19. The minimum absolute atomic E-state index is 0. The number of aliphatic imine (C=N–C) groups is 1. The number of hydrogen-bond donors (Lipinski definition) is 1. The van der Waals surface area contributed by atoms with Gasteiger partial charge in [-0.3, -0.25) is 4.99 Å². The Morgan fingerprint density at radius 1 is 1.07 bits per heavy atom. The Kier molecular flexibility index (Phi) is 9.40. The van der Waals surface area contributed by atoms with Crippen molar-refractivity contribution < 1.29 is 9.47 Å². The summed E-state index contributed by atoms with van der Waals surface area (Å²) in [5.41, 5.74) is 1.21. The van der Waals surface area contributed by atoms with E-state index in [2.05, 4.69) is 21.3 Å². The molecule has 1 aliphatic heterocycles. The summed E-state index contributed by atoms with van der Waals surface area (Å²) in [4.78, 5) is 6.77. The molecular formula is C22H30IN3O2. The standard InChI is InChI=1S/C22H29N3O2.HI/c1-23-22(24-15-12-18-8-6-7-11-21(18)26-2)25-16-13-20(14-17-25)27-19-9-4-3-5-10-19;/h3-11,20H,12-17H2,1-2H3,(H,23,24);1H. The maximum Gasteiger partial charge on any atom is 0.193 e. The fraction of sp³-hybridized carbons (Fsp3) is 0.409. The van der Waals surface area contributed by atoms with E-state index in [9.17, 15) is 0 Å². The number of piperidine rings is 1. The summed E-state index contributed by atoms with van der Waals surface area (Å²) in [5.74, 6) is 2.85. The van der Waals surface area contributed by atoms with Crippen molar-refractivity contribution in [3.63, 3.8) is 0 Å². The topological polar surface area (TPSA) is 46.1 Å². The van der Waals surface area contributed by atoms with Crippen LogP contribution in [0.25, 0.3) is 0 Å². The lowest BCUT2D eigenvalue weighted by Gasteiger charge is -2.34. The minimum Gasteiger partial charge on any atom is -0.496 e. The van der Waals surface area contributed by atoms with Crippen molar-refractivity contribution in [1.29, 1.82) is 0 Å². The third-order valence-electron chi connectivity index (χ3n) is 4.87. The first-order valence-corrected chi connectivity index (χ1v) is 9.59. The lowest BCUT2D eigenvalue weighted by molar-refractivity contribution is 0.129. The van der Waals surface area contributed by atoms with Crippen LogP contribution in [-0.2, 0) is 6.42 Å². The molecular weight excluding hydrogens is 465 g/mol. The molecule has 0 unspecified atom stereocenters. The van der Waals surface area contributed by atoms with Crippen molar-refractivity contribution in [2.45, 2.75) is 25.4 Å². The number of benzene rings is 2. The molecule has 1 saturated heterocycles. The first kappa shape index (κ1) is 22.3. The third-order valence-corrected chi connectivity index (χ3v) is 4.87. The van der Waals surface area contributed by atoms with Gasteiger partial charge in [0, 0.05) is 39.5 Å². The van der Waals surface area contributed by atoms with Crippen LogP contribution in [0, 0.1) is 0 Å². The summed E-state index contributed by atoms with van der Waals surface area (Å²) >= 11 is 0. The molecule has 0 amide bonds. The van der Waals surface area contributed by atoms with Crippen LogP contribution in [0.2, 0.25) is 0 Å². The predicted octanol–water partition coefficient (Wildman–Crippen LogP) is 3.97. The van der Waals surface area contributed by atoms with E-state index in [1.807, 2.05) is 55.6 Å². The van der Waals surface area contributed by atoms with Crippen LogP contribution in [0.1, 0.15) is 18.4 Å². The number of ether oxygens (including phenoxy) is 2. The quantitative estimate of drug-likeness (QED) is 0.374. The molecule has 3 rings (SSSR count). The predicted molar refractivity (Wildman–Crippen MR) is 125 cm³/mol. The van der Waals surface area contributed by atoms with E-state index >= 15 is 0 Å². The fourth-order valence-corrected chi connectivity index (χ4v) is 3.43. The van der Waals surface area contributed by atoms with Crippen LogP contribution < -0.4 is 14.8 Å². The van der Waals surface area contributed by atoms with Gasteiger partial charge in [0.25, 0.3) is 0 Å². The number of methoxy groups -OCH3 is 1. The van der Waals surface area contributed by atoms with Gasteiger partial charge in [-0.1, -0.05) is 36.4 Å². The maximum absolute atomic E-state index is 6.08. The lowest BCUT2D eigenvalue weighted by atomic mass is 10.1. The molecule has 1 N–H and O–H groups in total. The summed E-state index contributed by atoms with van der Waals surface area (Å²) in [6.07, 6.45) is 3.18. The van der Waals surface area contributed by atoms with Crippen molar-refractivity contribution in [3.8, 4) is 11.5 Å². The average Bonchev–Trinajstić information content (AvgIpc) is 2.73. The number of guanidine groups is 1. The summed E-state index contributed by atoms with van der Waals surface area (Å²) in [7, 11) is 3.56. The van der Waals surface area contributed by atoms with Crippen LogP contribution in [0.5, 0.6) is 11.5 Å². The second-order valence-electron chi connectivity index (χ2n) is 6.65. The minimum atomic E-state index is 0. The Morgan fingerprint density at radius 3 is 2.43 bits per heavy atom. The Balaban J connectivity index is 0.00000280. The van der Waals surface area contributed by atoms with Gasteiger partial charge in [0.05, 0.1) is 7.11 Å². The molecule has 2 aromatic rings. The van der Waals surface area contributed by atoms with Gasteiger partial charge < -0.3 is 19.7 Å². The number of nitrogens with one attached hydrogen (secondary N) is 1. The first-order valence-electron chi connectivity index (χ1n) is 9.59. The van der Waals surface area contributed by atoms with E-state index in [0.717, 1.165) is 56.4 Å². The number of halogens is 1. The summed E-state index contributed by atoms with van der Waals surface area (Å²) < 4.78 is 11.5. The summed E-state index contributed by atoms with van der Waals surface area (Å²) in [6, 6.07) is 18.2. The summed E-state index contributed by atoms with van der Waals surface area (Å²) in [5, 5.41) is 3.48. The number of para-hydroxylation sites is 2. The van der Waals surface area contributed by atoms with Gasteiger partial charge in [0.2, 0.25) is 0 Å².